The number of Topliss-reactive ketones (excluding diaryl/α,β-unsaturated/α-hetero) is 1. The third-order valence-corrected chi connectivity index (χ3v) is 4.63. The van der Waals surface area contributed by atoms with Crippen LogP contribution >= 0.6 is 0 Å². The lowest BCUT2D eigenvalue weighted by Gasteiger charge is -2.28. The van der Waals surface area contributed by atoms with Crippen molar-refractivity contribution in [2.75, 3.05) is 13.2 Å². The average Bonchev–Trinajstić information content (AvgIpc) is 2.85. The fourth-order valence-corrected chi connectivity index (χ4v) is 2.97. The summed E-state index contributed by atoms with van der Waals surface area (Å²) in [4.78, 5) is 24.5. The Kier molecular flexibility index (Phi) is 5.78. The number of ether oxygens (including phenoxy) is 1. The Bertz CT molecular complexity index is 584. The van der Waals surface area contributed by atoms with E-state index in [0.29, 0.717) is 25.0 Å². The van der Waals surface area contributed by atoms with E-state index in [0.717, 1.165) is 0 Å². The molecular weight excluding hydrogens is 306 g/mol. The molecule has 1 aliphatic heterocycles. The van der Waals surface area contributed by atoms with Gasteiger partial charge in [0, 0.05) is 38.0 Å². The van der Waals surface area contributed by atoms with Gasteiger partial charge in [-0.25, -0.2) is 0 Å². The fourth-order valence-electron chi connectivity index (χ4n) is 2.97. The van der Waals surface area contributed by atoms with E-state index >= 15 is 0 Å². The van der Waals surface area contributed by atoms with E-state index in [9.17, 15) is 14.7 Å². The molecule has 132 valence electrons. The van der Waals surface area contributed by atoms with Gasteiger partial charge in [-0.2, -0.15) is 0 Å². The lowest BCUT2D eigenvalue weighted by Crippen LogP contribution is -2.48. The summed E-state index contributed by atoms with van der Waals surface area (Å²) < 4.78 is 5.36. The molecule has 1 heterocycles. The molecule has 2 atom stereocenters. The molecule has 0 saturated carbocycles. The zero-order valence-corrected chi connectivity index (χ0v) is 14.7. The van der Waals surface area contributed by atoms with Gasteiger partial charge in [0.05, 0.1) is 6.10 Å². The second-order valence-electron chi connectivity index (χ2n) is 7.45. The zero-order valence-electron chi connectivity index (χ0n) is 14.7. The largest absolute Gasteiger partial charge is 0.385 e. The number of hydrogen-bond acceptors (Lipinski definition) is 4. The number of carbonyl (C=O) groups excluding carboxylic acids is 2. The second-order valence-corrected chi connectivity index (χ2v) is 7.45. The van der Waals surface area contributed by atoms with Gasteiger partial charge in [-0.15, -0.1) is 0 Å². The van der Waals surface area contributed by atoms with Gasteiger partial charge in [-0.1, -0.05) is 44.2 Å². The van der Waals surface area contributed by atoms with Crippen LogP contribution in [0.1, 0.15) is 50.4 Å². The Morgan fingerprint density at radius 1 is 1.29 bits per heavy atom. The standard InChI is InChI=1S/C19H27NO4/c1-14-19(23,9-10-24-14)13-20-17(22)12-18(2,3)11-16(21)15-7-5-4-6-8-15/h4-8,14,23H,9-13H2,1-3H3,(H,20,22)/t14-,19-/m0/s1. The summed E-state index contributed by atoms with van der Waals surface area (Å²) in [6.45, 7) is 6.30. The van der Waals surface area contributed by atoms with Crippen LogP contribution in [0, 0.1) is 5.41 Å². The van der Waals surface area contributed by atoms with E-state index in [4.69, 9.17) is 4.74 Å². The molecule has 24 heavy (non-hydrogen) atoms. The van der Waals surface area contributed by atoms with Crippen molar-refractivity contribution < 1.29 is 19.4 Å². The summed E-state index contributed by atoms with van der Waals surface area (Å²) in [7, 11) is 0. The van der Waals surface area contributed by atoms with Crippen molar-refractivity contribution in [2.24, 2.45) is 5.41 Å². The van der Waals surface area contributed by atoms with E-state index in [2.05, 4.69) is 5.32 Å². The van der Waals surface area contributed by atoms with Crippen LogP contribution in [0.3, 0.4) is 0 Å². The fraction of sp³-hybridized carbons (Fsp3) is 0.579. The summed E-state index contributed by atoms with van der Waals surface area (Å²) in [5.41, 5.74) is -0.783. The van der Waals surface area contributed by atoms with E-state index in [1.54, 1.807) is 12.1 Å². The van der Waals surface area contributed by atoms with Crippen molar-refractivity contribution in [2.45, 2.75) is 51.7 Å². The highest BCUT2D eigenvalue weighted by Crippen LogP contribution is 2.28. The second kappa shape index (κ2) is 7.45. The summed E-state index contributed by atoms with van der Waals surface area (Å²) in [6.07, 6.45) is 0.764. The minimum Gasteiger partial charge on any atom is -0.385 e. The number of hydrogen-bond donors (Lipinski definition) is 2. The molecule has 0 unspecified atom stereocenters. The number of aliphatic hydroxyl groups is 1. The third kappa shape index (κ3) is 4.89. The van der Waals surface area contributed by atoms with E-state index in [1.165, 1.54) is 0 Å². The maximum Gasteiger partial charge on any atom is 0.220 e. The van der Waals surface area contributed by atoms with Crippen molar-refractivity contribution in [1.82, 2.24) is 5.32 Å². The van der Waals surface area contributed by atoms with Gasteiger partial charge in [0.15, 0.2) is 5.78 Å². The van der Waals surface area contributed by atoms with Gasteiger partial charge in [0.2, 0.25) is 5.91 Å². The van der Waals surface area contributed by atoms with Crippen LogP contribution in [0.4, 0.5) is 0 Å². The Balaban J connectivity index is 1.84. The third-order valence-electron chi connectivity index (χ3n) is 4.63. The highest BCUT2D eigenvalue weighted by Gasteiger charge is 2.40. The highest BCUT2D eigenvalue weighted by atomic mass is 16.5. The Morgan fingerprint density at radius 3 is 2.54 bits per heavy atom. The maximum absolute atomic E-state index is 12.3. The molecule has 0 radical (unpaired) electrons. The monoisotopic (exact) mass is 333 g/mol. The average molecular weight is 333 g/mol. The number of carbonyl (C=O) groups is 2. The van der Waals surface area contributed by atoms with Gasteiger partial charge < -0.3 is 15.2 Å². The van der Waals surface area contributed by atoms with E-state index in [1.807, 2.05) is 39.0 Å². The molecule has 0 aliphatic carbocycles. The minimum absolute atomic E-state index is 0.0323. The highest BCUT2D eigenvalue weighted by molar-refractivity contribution is 5.96. The van der Waals surface area contributed by atoms with Crippen molar-refractivity contribution in [3.8, 4) is 0 Å². The first-order valence-electron chi connectivity index (χ1n) is 8.41. The maximum atomic E-state index is 12.3. The van der Waals surface area contributed by atoms with Gasteiger partial charge >= 0.3 is 0 Å². The molecule has 2 N–H and O–H groups in total. The molecule has 1 amide bonds. The van der Waals surface area contributed by atoms with Crippen molar-refractivity contribution in [3.63, 3.8) is 0 Å². The lowest BCUT2D eigenvalue weighted by molar-refractivity contribution is -0.124. The first-order chi connectivity index (χ1) is 11.2. The SMILES string of the molecule is C[C@@H]1OCC[C@]1(O)CNC(=O)CC(C)(C)CC(=O)c1ccccc1. The quantitative estimate of drug-likeness (QED) is 0.751. The minimum atomic E-state index is -1.00. The van der Waals surface area contributed by atoms with Crippen LogP contribution in [-0.2, 0) is 9.53 Å². The zero-order chi connectivity index (χ0) is 17.8. The predicted octanol–water partition coefficient (Wildman–Crippen LogP) is 2.33. The van der Waals surface area contributed by atoms with E-state index in [-0.39, 0.29) is 30.8 Å². The number of amides is 1. The Hall–Kier alpha value is -1.72. The number of benzene rings is 1. The van der Waals surface area contributed by atoms with Gasteiger partial charge in [-0.05, 0) is 12.3 Å². The van der Waals surface area contributed by atoms with Gasteiger partial charge in [0.1, 0.15) is 5.60 Å². The summed E-state index contributed by atoms with van der Waals surface area (Å²) in [6, 6.07) is 9.11. The van der Waals surface area contributed by atoms with Crippen molar-refractivity contribution >= 4 is 11.7 Å². The molecule has 5 heteroatoms. The number of ketones is 1. The summed E-state index contributed by atoms with van der Waals surface area (Å²) in [5, 5.41) is 13.2. The van der Waals surface area contributed by atoms with Crippen molar-refractivity contribution in [3.05, 3.63) is 35.9 Å². The predicted molar refractivity (Wildman–Crippen MR) is 91.8 cm³/mol. The lowest BCUT2D eigenvalue weighted by atomic mass is 9.82. The van der Waals surface area contributed by atoms with Gasteiger partial charge in [-0.3, -0.25) is 9.59 Å². The van der Waals surface area contributed by atoms with Crippen molar-refractivity contribution in [1.29, 1.82) is 0 Å². The first kappa shape index (κ1) is 18.6. The summed E-state index contributed by atoms with van der Waals surface area (Å²) in [5.74, 6) is -0.127. The Morgan fingerprint density at radius 2 is 1.96 bits per heavy atom. The molecule has 1 saturated heterocycles. The first-order valence-corrected chi connectivity index (χ1v) is 8.41. The van der Waals surface area contributed by atoms with Crippen LogP contribution in [0.2, 0.25) is 0 Å². The number of nitrogens with one attached hydrogen (secondary N) is 1. The molecular formula is C19H27NO4. The molecule has 0 spiro atoms. The van der Waals surface area contributed by atoms with Gasteiger partial charge in [0.25, 0.3) is 0 Å². The van der Waals surface area contributed by atoms with Crippen LogP contribution in [0.25, 0.3) is 0 Å². The molecule has 0 aromatic heterocycles. The van der Waals surface area contributed by atoms with Crippen LogP contribution < -0.4 is 5.32 Å². The smallest absolute Gasteiger partial charge is 0.220 e. The topological polar surface area (TPSA) is 75.6 Å². The molecule has 2 rings (SSSR count). The molecule has 1 aromatic carbocycles. The molecule has 0 bridgehead atoms. The van der Waals surface area contributed by atoms with Crippen LogP contribution in [0.15, 0.2) is 30.3 Å². The molecule has 1 aliphatic rings. The van der Waals surface area contributed by atoms with Crippen LogP contribution in [-0.4, -0.2) is 41.7 Å². The Labute approximate surface area is 143 Å². The van der Waals surface area contributed by atoms with E-state index < -0.39 is 11.0 Å². The molecule has 1 fully saturated rings. The molecule has 1 aromatic rings. The molecule has 5 nitrogen and oxygen atoms in total. The number of rotatable bonds is 7. The van der Waals surface area contributed by atoms with Crippen LogP contribution in [0.5, 0.6) is 0 Å². The normalized spacial score (nSPS) is 23.9. The summed E-state index contributed by atoms with van der Waals surface area (Å²) >= 11 is 0.